The molecular weight excluding hydrogens is 381 g/mol. The molecule has 0 fully saturated rings. The Kier molecular flexibility index (Phi) is 5.59. The Labute approximate surface area is 167 Å². The van der Waals surface area contributed by atoms with E-state index < -0.39 is 17.2 Å². The first-order valence-corrected chi connectivity index (χ1v) is 9.25. The van der Waals surface area contributed by atoms with Crippen molar-refractivity contribution in [2.24, 2.45) is 5.41 Å². The molecule has 4 nitrogen and oxygen atoms in total. The average molecular weight is 404 g/mol. The van der Waals surface area contributed by atoms with Crippen LogP contribution in [0.3, 0.4) is 0 Å². The monoisotopic (exact) mass is 404 g/mol. The topological polar surface area (TPSA) is 54.1 Å². The van der Waals surface area contributed by atoms with Crippen molar-refractivity contribution < 1.29 is 22.7 Å². The largest absolute Gasteiger partial charge is 0.493 e. The molecule has 0 saturated heterocycles. The molecule has 0 bridgehead atoms. The third-order valence-electron chi connectivity index (χ3n) is 4.52. The van der Waals surface area contributed by atoms with Gasteiger partial charge in [0.15, 0.2) is 0 Å². The number of aromatic nitrogens is 1. The zero-order chi connectivity index (χ0) is 21.2. The quantitative estimate of drug-likeness (QED) is 0.565. The average Bonchev–Trinajstić information content (AvgIpc) is 3.03. The van der Waals surface area contributed by atoms with E-state index in [0.29, 0.717) is 24.5 Å². The van der Waals surface area contributed by atoms with Crippen molar-refractivity contribution in [1.29, 1.82) is 0 Å². The highest BCUT2D eigenvalue weighted by Gasteiger charge is 2.29. The van der Waals surface area contributed by atoms with E-state index in [1.165, 1.54) is 12.1 Å². The standard InChI is InChI=1S/C22H23F3N2O2/c1-21(2,3)20(28)27-19-13-26-18-9-8-16(12-17(18)19)29-11-10-14-4-6-15(7-5-14)22(23,24)25/h4-9,12-13,26H,10-11H2,1-3H3,(H,27,28). The predicted molar refractivity (Wildman–Crippen MR) is 107 cm³/mol. The molecule has 1 heterocycles. The van der Waals surface area contributed by atoms with Crippen molar-refractivity contribution in [2.75, 3.05) is 11.9 Å². The number of alkyl halides is 3. The molecule has 29 heavy (non-hydrogen) atoms. The highest BCUT2D eigenvalue weighted by Crippen LogP contribution is 2.30. The second-order valence-corrected chi connectivity index (χ2v) is 7.91. The van der Waals surface area contributed by atoms with E-state index in [-0.39, 0.29) is 5.91 Å². The molecule has 0 aliphatic carbocycles. The molecule has 0 aliphatic heterocycles. The molecule has 0 saturated carbocycles. The Balaban J connectivity index is 1.65. The van der Waals surface area contributed by atoms with Gasteiger partial charge in [-0.3, -0.25) is 4.79 Å². The smallest absolute Gasteiger partial charge is 0.416 e. The first-order valence-electron chi connectivity index (χ1n) is 9.25. The SMILES string of the molecule is CC(C)(C)C(=O)Nc1c[nH]c2ccc(OCCc3ccc(C(F)(F)F)cc3)cc12. The number of hydrogen-bond acceptors (Lipinski definition) is 2. The van der Waals surface area contributed by atoms with Gasteiger partial charge >= 0.3 is 6.18 Å². The lowest BCUT2D eigenvalue weighted by Gasteiger charge is -2.17. The van der Waals surface area contributed by atoms with Crippen LogP contribution < -0.4 is 10.1 Å². The number of halogens is 3. The molecule has 1 amide bonds. The molecule has 0 atom stereocenters. The maximum Gasteiger partial charge on any atom is 0.416 e. The normalized spacial score (nSPS) is 12.2. The number of amides is 1. The van der Waals surface area contributed by atoms with E-state index in [9.17, 15) is 18.0 Å². The molecule has 0 radical (unpaired) electrons. The number of carbonyl (C=O) groups excluding carboxylic acids is 1. The van der Waals surface area contributed by atoms with Gasteiger partial charge in [0.2, 0.25) is 5.91 Å². The summed E-state index contributed by atoms with van der Waals surface area (Å²) < 4.78 is 43.6. The molecular formula is C22H23F3N2O2. The van der Waals surface area contributed by atoms with Gasteiger partial charge in [0.25, 0.3) is 0 Å². The van der Waals surface area contributed by atoms with E-state index in [2.05, 4.69) is 10.3 Å². The van der Waals surface area contributed by atoms with Gasteiger partial charge in [0.05, 0.1) is 17.9 Å². The maximum absolute atomic E-state index is 12.6. The highest BCUT2D eigenvalue weighted by atomic mass is 19.4. The van der Waals surface area contributed by atoms with Crippen molar-refractivity contribution >= 4 is 22.5 Å². The van der Waals surface area contributed by atoms with Crippen molar-refractivity contribution in [3.63, 3.8) is 0 Å². The summed E-state index contributed by atoms with van der Waals surface area (Å²) in [5, 5.41) is 3.74. The Morgan fingerprint density at radius 2 is 1.76 bits per heavy atom. The molecule has 3 rings (SSSR count). The van der Waals surface area contributed by atoms with Gasteiger partial charge in [0.1, 0.15) is 5.75 Å². The third-order valence-corrected chi connectivity index (χ3v) is 4.52. The van der Waals surface area contributed by atoms with Crippen LogP contribution in [0.4, 0.5) is 18.9 Å². The van der Waals surface area contributed by atoms with Gasteiger partial charge in [-0.05, 0) is 35.9 Å². The third kappa shape index (κ3) is 5.10. The Bertz CT molecular complexity index is 1000. The molecule has 0 spiro atoms. The number of carbonyl (C=O) groups is 1. The molecule has 2 aromatic carbocycles. The number of fused-ring (bicyclic) bond motifs is 1. The van der Waals surface area contributed by atoms with Crippen LogP contribution >= 0.6 is 0 Å². The van der Waals surface area contributed by atoms with Crippen LogP contribution in [0.2, 0.25) is 0 Å². The fraction of sp³-hybridized carbons (Fsp3) is 0.318. The fourth-order valence-corrected chi connectivity index (χ4v) is 2.75. The van der Waals surface area contributed by atoms with Crippen molar-refractivity contribution in [1.82, 2.24) is 4.98 Å². The summed E-state index contributed by atoms with van der Waals surface area (Å²) in [4.78, 5) is 15.4. The zero-order valence-electron chi connectivity index (χ0n) is 16.5. The van der Waals surface area contributed by atoms with Gasteiger partial charge in [-0.15, -0.1) is 0 Å². The van der Waals surface area contributed by atoms with Crippen LogP contribution in [0.25, 0.3) is 10.9 Å². The molecule has 1 aromatic heterocycles. The summed E-state index contributed by atoms with van der Waals surface area (Å²) in [6.45, 7) is 5.85. The van der Waals surface area contributed by atoms with Crippen molar-refractivity contribution in [3.8, 4) is 5.75 Å². The van der Waals surface area contributed by atoms with Gasteiger partial charge in [-0.1, -0.05) is 32.9 Å². The Hall–Kier alpha value is -2.96. The molecule has 0 aliphatic rings. The second kappa shape index (κ2) is 7.81. The van der Waals surface area contributed by atoms with Crippen LogP contribution in [0.15, 0.2) is 48.7 Å². The van der Waals surface area contributed by atoms with E-state index in [0.717, 1.165) is 28.6 Å². The summed E-state index contributed by atoms with van der Waals surface area (Å²) in [5.74, 6) is 0.530. The van der Waals surface area contributed by atoms with E-state index in [1.54, 1.807) is 12.3 Å². The van der Waals surface area contributed by atoms with E-state index in [1.807, 2.05) is 32.9 Å². The van der Waals surface area contributed by atoms with E-state index in [4.69, 9.17) is 4.74 Å². The summed E-state index contributed by atoms with van der Waals surface area (Å²) in [5.41, 5.74) is 1.13. The number of ether oxygens (including phenoxy) is 1. The number of aromatic amines is 1. The molecule has 3 aromatic rings. The summed E-state index contributed by atoms with van der Waals surface area (Å²) in [6.07, 6.45) is -2.11. The van der Waals surface area contributed by atoms with Crippen LogP contribution in [0.1, 0.15) is 31.9 Å². The maximum atomic E-state index is 12.6. The molecule has 2 N–H and O–H groups in total. The summed E-state index contributed by atoms with van der Waals surface area (Å²) >= 11 is 0. The number of H-pyrrole nitrogens is 1. The van der Waals surface area contributed by atoms with Crippen LogP contribution in [-0.2, 0) is 17.4 Å². The van der Waals surface area contributed by atoms with Crippen LogP contribution in [0, 0.1) is 5.41 Å². The van der Waals surface area contributed by atoms with Gasteiger partial charge in [0, 0.05) is 28.9 Å². The Morgan fingerprint density at radius 1 is 1.07 bits per heavy atom. The van der Waals surface area contributed by atoms with Gasteiger partial charge in [-0.25, -0.2) is 0 Å². The number of anilines is 1. The minimum Gasteiger partial charge on any atom is -0.493 e. The van der Waals surface area contributed by atoms with Gasteiger partial charge < -0.3 is 15.0 Å². The van der Waals surface area contributed by atoms with Crippen molar-refractivity contribution in [2.45, 2.75) is 33.4 Å². The van der Waals surface area contributed by atoms with E-state index >= 15 is 0 Å². The lowest BCUT2D eigenvalue weighted by atomic mass is 9.95. The number of benzene rings is 2. The summed E-state index contributed by atoms with van der Waals surface area (Å²) in [6, 6.07) is 10.6. The lowest BCUT2D eigenvalue weighted by Crippen LogP contribution is -2.27. The minimum atomic E-state index is -4.33. The number of nitrogens with one attached hydrogen (secondary N) is 2. The first-order chi connectivity index (χ1) is 13.5. The van der Waals surface area contributed by atoms with Crippen LogP contribution in [-0.4, -0.2) is 17.5 Å². The predicted octanol–water partition coefficient (Wildman–Crippen LogP) is 5.79. The van der Waals surface area contributed by atoms with Gasteiger partial charge in [-0.2, -0.15) is 13.2 Å². The Morgan fingerprint density at radius 3 is 2.38 bits per heavy atom. The second-order valence-electron chi connectivity index (χ2n) is 7.91. The fourth-order valence-electron chi connectivity index (χ4n) is 2.75. The number of hydrogen-bond donors (Lipinski definition) is 2. The van der Waals surface area contributed by atoms with Crippen molar-refractivity contribution in [3.05, 3.63) is 59.8 Å². The minimum absolute atomic E-state index is 0.0907. The molecule has 7 heteroatoms. The first kappa shape index (κ1) is 20.8. The summed E-state index contributed by atoms with van der Waals surface area (Å²) in [7, 11) is 0. The zero-order valence-corrected chi connectivity index (χ0v) is 16.5. The molecule has 154 valence electrons. The highest BCUT2D eigenvalue weighted by molar-refractivity contribution is 6.03. The lowest BCUT2D eigenvalue weighted by molar-refractivity contribution is -0.137. The number of rotatable bonds is 5. The van der Waals surface area contributed by atoms with Crippen LogP contribution in [0.5, 0.6) is 5.75 Å². The molecule has 0 unspecified atom stereocenters.